The fraction of sp³-hybridized carbons (Fsp3) is 0.391. The first-order valence-corrected chi connectivity index (χ1v) is 10.0. The Hall–Kier alpha value is -2.70. The smallest absolute Gasteiger partial charge is 0.338 e. The van der Waals surface area contributed by atoms with Crippen molar-refractivity contribution in [1.29, 1.82) is 0 Å². The Kier molecular flexibility index (Phi) is 7.01. The number of anilines is 1. The lowest BCUT2D eigenvalue weighted by Gasteiger charge is -2.23. The number of aryl methyl sites for hydroxylation is 2. The number of carbonyl (C=O) groups excluding carboxylic acids is 2. The molecule has 0 saturated carbocycles. The Morgan fingerprint density at radius 2 is 1.79 bits per heavy atom. The van der Waals surface area contributed by atoms with Crippen molar-refractivity contribution in [2.45, 2.75) is 33.4 Å². The van der Waals surface area contributed by atoms with Crippen molar-refractivity contribution in [3.05, 3.63) is 64.7 Å². The molecule has 2 aromatic carbocycles. The van der Waals surface area contributed by atoms with Crippen molar-refractivity contribution in [2.75, 3.05) is 31.6 Å². The molecular formula is C23H29N2O4+. The Morgan fingerprint density at radius 1 is 1.10 bits per heavy atom. The highest BCUT2D eigenvalue weighted by Crippen LogP contribution is 2.17. The van der Waals surface area contributed by atoms with Crippen molar-refractivity contribution < 1.29 is 24.0 Å². The van der Waals surface area contributed by atoms with E-state index in [1.165, 1.54) is 10.5 Å². The van der Waals surface area contributed by atoms with Crippen LogP contribution in [0.2, 0.25) is 0 Å². The molecule has 1 saturated heterocycles. The Labute approximate surface area is 171 Å². The monoisotopic (exact) mass is 397 g/mol. The van der Waals surface area contributed by atoms with Gasteiger partial charge in [0.15, 0.2) is 6.10 Å². The molecule has 1 heterocycles. The van der Waals surface area contributed by atoms with Gasteiger partial charge >= 0.3 is 5.97 Å². The fourth-order valence-corrected chi connectivity index (χ4v) is 3.27. The number of ether oxygens (including phenoxy) is 2. The van der Waals surface area contributed by atoms with Crippen LogP contribution < -0.4 is 10.2 Å². The summed E-state index contributed by atoms with van der Waals surface area (Å²) in [6.45, 7) is 9.95. The molecule has 1 amide bonds. The van der Waals surface area contributed by atoms with Crippen molar-refractivity contribution >= 4 is 17.6 Å². The average molecular weight is 397 g/mol. The van der Waals surface area contributed by atoms with E-state index in [1.807, 2.05) is 44.2 Å². The quantitative estimate of drug-likeness (QED) is 0.731. The lowest BCUT2D eigenvalue weighted by molar-refractivity contribution is -0.921. The molecule has 1 aliphatic heterocycles. The molecule has 2 aromatic rings. The maximum atomic E-state index is 12.4. The van der Waals surface area contributed by atoms with Gasteiger partial charge in [-0.15, -0.1) is 0 Å². The summed E-state index contributed by atoms with van der Waals surface area (Å²) in [5.74, 6) is -0.849. The number of amides is 1. The minimum Gasteiger partial charge on any atom is -0.449 e. The fourth-order valence-electron chi connectivity index (χ4n) is 3.27. The van der Waals surface area contributed by atoms with E-state index in [0.29, 0.717) is 5.56 Å². The molecule has 0 aromatic heterocycles. The second kappa shape index (κ2) is 9.67. The second-order valence-electron chi connectivity index (χ2n) is 7.59. The molecule has 6 nitrogen and oxygen atoms in total. The third kappa shape index (κ3) is 5.89. The van der Waals surface area contributed by atoms with Gasteiger partial charge in [0, 0.05) is 11.3 Å². The molecule has 154 valence electrons. The van der Waals surface area contributed by atoms with Crippen LogP contribution in [-0.4, -0.2) is 44.3 Å². The lowest BCUT2D eigenvalue weighted by Crippen LogP contribution is -3.12. The van der Waals surface area contributed by atoms with E-state index < -0.39 is 12.1 Å². The minimum atomic E-state index is -0.889. The standard InChI is InChI=1S/C23H28N2O4/c1-16-4-5-17(2)21(14-16)24-22(26)18(3)29-23(27)20-8-6-19(7-9-20)15-25-10-12-28-13-11-25/h4-9,14,18H,10-13,15H2,1-3H3,(H,24,26)/p+1/t18-/m1/s1. The first kappa shape index (κ1) is 21.0. The summed E-state index contributed by atoms with van der Waals surface area (Å²) in [4.78, 5) is 26.3. The van der Waals surface area contributed by atoms with Gasteiger partial charge in [0.25, 0.3) is 5.91 Å². The third-order valence-corrected chi connectivity index (χ3v) is 5.15. The first-order chi connectivity index (χ1) is 13.9. The molecule has 0 aliphatic carbocycles. The van der Waals surface area contributed by atoms with E-state index in [-0.39, 0.29) is 5.91 Å². The molecule has 1 fully saturated rings. The largest absolute Gasteiger partial charge is 0.449 e. The van der Waals surface area contributed by atoms with E-state index in [1.54, 1.807) is 19.1 Å². The third-order valence-electron chi connectivity index (χ3n) is 5.15. The van der Waals surface area contributed by atoms with Gasteiger partial charge in [0.05, 0.1) is 18.8 Å². The molecule has 0 unspecified atom stereocenters. The minimum absolute atomic E-state index is 0.348. The van der Waals surface area contributed by atoms with Crippen molar-refractivity contribution in [3.8, 4) is 0 Å². The molecule has 2 N–H and O–H groups in total. The molecule has 0 radical (unpaired) electrons. The Bertz CT molecular complexity index is 858. The highest BCUT2D eigenvalue weighted by molar-refractivity contribution is 5.97. The van der Waals surface area contributed by atoms with Gasteiger partial charge < -0.3 is 19.7 Å². The van der Waals surface area contributed by atoms with Gasteiger partial charge in [0.1, 0.15) is 19.6 Å². The van der Waals surface area contributed by atoms with Gasteiger partial charge in [-0.1, -0.05) is 24.3 Å². The van der Waals surface area contributed by atoms with E-state index in [9.17, 15) is 9.59 Å². The van der Waals surface area contributed by atoms with Crippen LogP contribution in [0, 0.1) is 13.8 Å². The van der Waals surface area contributed by atoms with Gasteiger partial charge in [-0.25, -0.2) is 4.79 Å². The van der Waals surface area contributed by atoms with Crippen LogP contribution in [0.5, 0.6) is 0 Å². The summed E-state index contributed by atoms with van der Waals surface area (Å²) in [6, 6.07) is 13.2. The van der Waals surface area contributed by atoms with Gasteiger partial charge in [-0.05, 0) is 50.1 Å². The van der Waals surface area contributed by atoms with E-state index in [4.69, 9.17) is 9.47 Å². The second-order valence-corrected chi connectivity index (χ2v) is 7.59. The van der Waals surface area contributed by atoms with Crippen LogP contribution in [0.25, 0.3) is 0 Å². The summed E-state index contributed by atoms with van der Waals surface area (Å²) in [6.07, 6.45) is -0.889. The van der Waals surface area contributed by atoms with Crippen LogP contribution >= 0.6 is 0 Å². The molecule has 1 aliphatic rings. The molecule has 0 bridgehead atoms. The van der Waals surface area contributed by atoms with Gasteiger partial charge in [-0.3, -0.25) is 4.79 Å². The van der Waals surface area contributed by atoms with Crippen LogP contribution in [0.3, 0.4) is 0 Å². The van der Waals surface area contributed by atoms with E-state index >= 15 is 0 Å². The van der Waals surface area contributed by atoms with E-state index in [0.717, 1.165) is 49.7 Å². The van der Waals surface area contributed by atoms with Crippen LogP contribution in [0.4, 0.5) is 5.69 Å². The molecule has 3 rings (SSSR count). The Balaban J connectivity index is 1.54. The predicted octanol–water partition coefficient (Wildman–Crippen LogP) is 1.90. The van der Waals surface area contributed by atoms with Crippen LogP contribution in [0.1, 0.15) is 34.0 Å². The summed E-state index contributed by atoms with van der Waals surface area (Å²) in [5, 5.41) is 2.83. The number of quaternary nitrogens is 1. The average Bonchev–Trinajstić information content (AvgIpc) is 2.72. The number of hydrogen-bond donors (Lipinski definition) is 2. The number of hydrogen-bond acceptors (Lipinski definition) is 4. The SMILES string of the molecule is Cc1ccc(C)c(NC(=O)[C@@H](C)OC(=O)c2ccc(C[NH+]3CCOCC3)cc2)c1. The zero-order chi connectivity index (χ0) is 20.8. The van der Waals surface area contributed by atoms with Crippen molar-refractivity contribution in [1.82, 2.24) is 0 Å². The number of carbonyl (C=O) groups is 2. The first-order valence-electron chi connectivity index (χ1n) is 10.0. The maximum absolute atomic E-state index is 12.4. The molecular weight excluding hydrogens is 368 g/mol. The van der Waals surface area contributed by atoms with Gasteiger partial charge in [-0.2, -0.15) is 0 Å². The van der Waals surface area contributed by atoms with Crippen molar-refractivity contribution in [3.63, 3.8) is 0 Å². The number of esters is 1. The number of benzene rings is 2. The summed E-state index contributed by atoms with van der Waals surface area (Å²) in [7, 11) is 0. The summed E-state index contributed by atoms with van der Waals surface area (Å²) < 4.78 is 10.7. The zero-order valence-corrected chi connectivity index (χ0v) is 17.3. The normalized spacial score (nSPS) is 15.6. The number of morpholine rings is 1. The van der Waals surface area contributed by atoms with Crippen molar-refractivity contribution in [2.24, 2.45) is 0 Å². The zero-order valence-electron chi connectivity index (χ0n) is 17.3. The predicted molar refractivity (Wildman–Crippen MR) is 111 cm³/mol. The topological polar surface area (TPSA) is 69.1 Å². The molecule has 6 heteroatoms. The summed E-state index contributed by atoms with van der Waals surface area (Å²) >= 11 is 0. The summed E-state index contributed by atoms with van der Waals surface area (Å²) in [5.41, 5.74) is 4.35. The molecule has 29 heavy (non-hydrogen) atoms. The van der Waals surface area contributed by atoms with Crippen LogP contribution in [0.15, 0.2) is 42.5 Å². The van der Waals surface area contributed by atoms with Crippen LogP contribution in [-0.2, 0) is 20.8 Å². The van der Waals surface area contributed by atoms with Gasteiger partial charge in [0.2, 0.25) is 0 Å². The molecule has 0 spiro atoms. The molecule has 1 atom stereocenters. The number of nitrogens with one attached hydrogen (secondary N) is 2. The highest BCUT2D eigenvalue weighted by atomic mass is 16.5. The number of rotatable bonds is 6. The Morgan fingerprint density at radius 3 is 2.48 bits per heavy atom. The highest BCUT2D eigenvalue weighted by Gasteiger charge is 2.20. The van der Waals surface area contributed by atoms with E-state index in [2.05, 4.69) is 5.32 Å². The maximum Gasteiger partial charge on any atom is 0.338 e. The lowest BCUT2D eigenvalue weighted by atomic mass is 10.1.